The molecule has 0 unspecified atom stereocenters. The second-order valence-corrected chi connectivity index (χ2v) is 4.85. The molecule has 3 rings (SSSR count). The van der Waals surface area contributed by atoms with E-state index in [1.54, 1.807) is 31.3 Å². The molecule has 1 amide bonds. The molecule has 0 aliphatic rings. The molecule has 0 spiro atoms. The van der Waals surface area contributed by atoms with Crippen molar-refractivity contribution in [2.45, 2.75) is 20.4 Å². The third-order valence-corrected chi connectivity index (χ3v) is 3.20. The molecule has 1 N–H and O–H groups in total. The first kappa shape index (κ1) is 14.9. The Kier molecular flexibility index (Phi) is 4.13. The van der Waals surface area contributed by atoms with E-state index in [2.05, 4.69) is 25.6 Å². The molecule has 8 nitrogen and oxygen atoms in total. The molecule has 23 heavy (non-hydrogen) atoms. The number of ether oxygens (including phenoxy) is 1. The SMILES string of the molecule is CCOc1cc(CNC(=O)c2ccc3nnc(C)n3n2)ccn1. The Morgan fingerprint density at radius 1 is 1.30 bits per heavy atom. The van der Waals surface area contributed by atoms with Gasteiger partial charge in [0.1, 0.15) is 5.69 Å². The van der Waals surface area contributed by atoms with E-state index in [9.17, 15) is 4.79 Å². The van der Waals surface area contributed by atoms with Gasteiger partial charge in [0.2, 0.25) is 5.88 Å². The van der Waals surface area contributed by atoms with Crippen molar-refractivity contribution in [3.8, 4) is 5.88 Å². The van der Waals surface area contributed by atoms with Gasteiger partial charge in [-0.05, 0) is 37.6 Å². The van der Waals surface area contributed by atoms with E-state index < -0.39 is 0 Å². The van der Waals surface area contributed by atoms with Gasteiger partial charge in [0.05, 0.1) is 6.61 Å². The lowest BCUT2D eigenvalue weighted by Crippen LogP contribution is -2.24. The molecule has 3 heterocycles. The molecule has 3 aromatic heterocycles. The maximum atomic E-state index is 12.2. The van der Waals surface area contributed by atoms with E-state index >= 15 is 0 Å². The van der Waals surface area contributed by atoms with Crippen molar-refractivity contribution in [2.24, 2.45) is 0 Å². The van der Waals surface area contributed by atoms with E-state index in [-0.39, 0.29) is 5.91 Å². The van der Waals surface area contributed by atoms with Crippen molar-refractivity contribution in [2.75, 3.05) is 6.61 Å². The Balaban J connectivity index is 1.70. The molecule has 0 saturated heterocycles. The van der Waals surface area contributed by atoms with Crippen molar-refractivity contribution in [3.63, 3.8) is 0 Å². The maximum Gasteiger partial charge on any atom is 0.272 e. The van der Waals surface area contributed by atoms with Gasteiger partial charge in [-0.1, -0.05) is 0 Å². The average molecular weight is 312 g/mol. The lowest BCUT2D eigenvalue weighted by Gasteiger charge is -2.07. The van der Waals surface area contributed by atoms with Crippen LogP contribution in [-0.2, 0) is 6.54 Å². The van der Waals surface area contributed by atoms with Gasteiger partial charge in [-0.15, -0.1) is 10.2 Å². The van der Waals surface area contributed by atoms with Crippen LogP contribution in [0.4, 0.5) is 0 Å². The Morgan fingerprint density at radius 2 is 2.17 bits per heavy atom. The molecule has 0 atom stereocenters. The van der Waals surface area contributed by atoms with Crippen LogP contribution in [-0.4, -0.2) is 37.3 Å². The third kappa shape index (κ3) is 3.25. The molecule has 8 heteroatoms. The highest BCUT2D eigenvalue weighted by Gasteiger charge is 2.10. The summed E-state index contributed by atoms with van der Waals surface area (Å²) in [6.07, 6.45) is 1.65. The molecule has 0 saturated carbocycles. The van der Waals surface area contributed by atoms with Gasteiger partial charge in [-0.2, -0.15) is 9.61 Å². The lowest BCUT2D eigenvalue weighted by molar-refractivity contribution is 0.0944. The highest BCUT2D eigenvalue weighted by atomic mass is 16.5. The van der Waals surface area contributed by atoms with Crippen molar-refractivity contribution < 1.29 is 9.53 Å². The van der Waals surface area contributed by atoms with Crippen LogP contribution in [0.1, 0.15) is 28.8 Å². The fraction of sp³-hybridized carbons (Fsp3) is 0.267. The molecule has 118 valence electrons. The number of hydrogen-bond donors (Lipinski definition) is 1. The second kappa shape index (κ2) is 6.39. The zero-order valence-corrected chi connectivity index (χ0v) is 12.9. The number of aromatic nitrogens is 5. The van der Waals surface area contributed by atoms with Gasteiger partial charge >= 0.3 is 0 Å². The first-order chi connectivity index (χ1) is 11.2. The summed E-state index contributed by atoms with van der Waals surface area (Å²) in [6.45, 7) is 4.58. The monoisotopic (exact) mass is 312 g/mol. The zero-order valence-electron chi connectivity index (χ0n) is 12.9. The van der Waals surface area contributed by atoms with Gasteiger partial charge < -0.3 is 10.1 Å². The number of carbonyl (C=O) groups excluding carboxylic acids is 1. The Bertz CT molecular complexity index is 845. The molecular formula is C15H16N6O2. The van der Waals surface area contributed by atoms with Crippen molar-refractivity contribution in [1.82, 2.24) is 30.1 Å². The number of hydrogen-bond acceptors (Lipinski definition) is 6. The summed E-state index contributed by atoms with van der Waals surface area (Å²) in [7, 11) is 0. The minimum atomic E-state index is -0.269. The van der Waals surface area contributed by atoms with Crippen LogP contribution in [0.2, 0.25) is 0 Å². The normalized spacial score (nSPS) is 10.7. The highest BCUT2D eigenvalue weighted by Crippen LogP contribution is 2.09. The molecule has 0 fully saturated rings. The van der Waals surface area contributed by atoms with Gasteiger partial charge in [-0.3, -0.25) is 4.79 Å². The maximum absolute atomic E-state index is 12.2. The number of amides is 1. The fourth-order valence-electron chi connectivity index (χ4n) is 2.08. The van der Waals surface area contributed by atoms with Gasteiger partial charge in [0, 0.05) is 18.8 Å². The molecule has 0 aliphatic carbocycles. The average Bonchev–Trinajstić information content (AvgIpc) is 2.94. The summed E-state index contributed by atoms with van der Waals surface area (Å²) in [5, 5.41) is 14.9. The Hall–Kier alpha value is -3.03. The van der Waals surface area contributed by atoms with E-state index in [1.807, 2.05) is 13.0 Å². The minimum absolute atomic E-state index is 0.269. The van der Waals surface area contributed by atoms with Crippen molar-refractivity contribution in [1.29, 1.82) is 0 Å². The van der Waals surface area contributed by atoms with Gasteiger partial charge in [-0.25, -0.2) is 4.98 Å². The molecule has 0 bridgehead atoms. The quantitative estimate of drug-likeness (QED) is 0.759. The van der Waals surface area contributed by atoms with Crippen molar-refractivity contribution >= 4 is 11.6 Å². The predicted molar refractivity (Wildman–Crippen MR) is 82.1 cm³/mol. The topological polar surface area (TPSA) is 94.3 Å². The summed E-state index contributed by atoms with van der Waals surface area (Å²) in [4.78, 5) is 16.3. The van der Waals surface area contributed by atoms with Crippen LogP contribution in [0.3, 0.4) is 0 Å². The van der Waals surface area contributed by atoms with Crippen LogP contribution in [0.5, 0.6) is 5.88 Å². The number of carbonyl (C=O) groups is 1. The summed E-state index contributed by atoms with van der Waals surface area (Å²) < 4.78 is 6.87. The number of nitrogens with one attached hydrogen (secondary N) is 1. The number of fused-ring (bicyclic) bond motifs is 1. The summed E-state index contributed by atoms with van der Waals surface area (Å²) >= 11 is 0. The van der Waals surface area contributed by atoms with Gasteiger partial charge in [0.25, 0.3) is 5.91 Å². The zero-order chi connectivity index (χ0) is 16.2. The first-order valence-electron chi connectivity index (χ1n) is 7.22. The fourth-order valence-corrected chi connectivity index (χ4v) is 2.08. The number of nitrogens with zero attached hydrogens (tertiary/aromatic N) is 5. The largest absolute Gasteiger partial charge is 0.478 e. The highest BCUT2D eigenvalue weighted by molar-refractivity contribution is 5.92. The van der Waals surface area contributed by atoms with Crippen LogP contribution in [0.25, 0.3) is 5.65 Å². The van der Waals surface area contributed by atoms with Gasteiger partial charge in [0.15, 0.2) is 11.5 Å². The Morgan fingerprint density at radius 3 is 3.00 bits per heavy atom. The molecular weight excluding hydrogens is 296 g/mol. The summed E-state index contributed by atoms with van der Waals surface area (Å²) in [6, 6.07) is 6.95. The van der Waals surface area contributed by atoms with Crippen LogP contribution in [0, 0.1) is 6.92 Å². The summed E-state index contributed by atoms with van der Waals surface area (Å²) in [5.74, 6) is 0.902. The number of aryl methyl sites for hydroxylation is 1. The first-order valence-corrected chi connectivity index (χ1v) is 7.22. The molecule has 0 aliphatic heterocycles. The Labute approximate surface area is 132 Å². The predicted octanol–water partition coefficient (Wildman–Crippen LogP) is 1.16. The van der Waals surface area contributed by atoms with E-state index in [0.717, 1.165) is 5.56 Å². The smallest absolute Gasteiger partial charge is 0.272 e. The summed E-state index contributed by atoms with van der Waals surface area (Å²) in [5.41, 5.74) is 1.81. The molecule has 3 aromatic rings. The number of rotatable bonds is 5. The standard InChI is InChI=1S/C15H16N6O2/c1-3-23-14-8-11(6-7-16-14)9-17-15(22)12-4-5-13-19-18-10(2)21(13)20-12/h4-8H,3,9H2,1-2H3,(H,17,22). The van der Waals surface area contributed by atoms with E-state index in [4.69, 9.17) is 4.74 Å². The third-order valence-electron chi connectivity index (χ3n) is 3.20. The minimum Gasteiger partial charge on any atom is -0.478 e. The number of pyridine rings is 1. The van der Waals surface area contributed by atoms with Crippen LogP contribution in [0.15, 0.2) is 30.5 Å². The lowest BCUT2D eigenvalue weighted by atomic mass is 10.2. The second-order valence-electron chi connectivity index (χ2n) is 4.85. The van der Waals surface area contributed by atoms with Crippen LogP contribution < -0.4 is 10.1 Å². The van der Waals surface area contributed by atoms with E-state index in [1.165, 1.54) is 4.52 Å². The molecule has 0 aromatic carbocycles. The molecule has 0 radical (unpaired) electrons. The van der Waals surface area contributed by atoms with Crippen molar-refractivity contribution in [3.05, 3.63) is 47.5 Å². The van der Waals surface area contributed by atoms with E-state index in [0.29, 0.717) is 36.2 Å². The van der Waals surface area contributed by atoms with Crippen LogP contribution >= 0.6 is 0 Å².